The van der Waals surface area contributed by atoms with E-state index in [2.05, 4.69) is 10.3 Å². The van der Waals surface area contributed by atoms with Crippen molar-refractivity contribution in [2.75, 3.05) is 11.1 Å². The van der Waals surface area contributed by atoms with Gasteiger partial charge in [0.2, 0.25) is 5.95 Å². The molecule has 0 unspecified atom stereocenters. The quantitative estimate of drug-likeness (QED) is 0.465. The highest BCUT2D eigenvalue weighted by Crippen LogP contribution is 2.34. The smallest absolute Gasteiger partial charge is 0.223 e. The highest BCUT2D eigenvalue weighted by Gasteiger charge is 2.20. The molecule has 0 spiro atoms. The van der Waals surface area contributed by atoms with Crippen LogP contribution in [-0.4, -0.2) is 25.4 Å². The zero-order valence-electron chi connectivity index (χ0n) is 15.8. The molecule has 6 nitrogen and oxygen atoms in total. The summed E-state index contributed by atoms with van der Waals surface area (Å²) >= 11 is 6.44. The first-order valence-electron chi connectivity index (χ1n) is 9.81. The summed E-state index contributed by atoms with van der Waals surface area (Å²) in [5.41, 5.74) is 10.8. The van der Waals surface area contributed by atoms with Gasteiger partial charge in [-0.3, -0.25) is 4.40 Å². The molecule has 7 heteroatoms. The molecule has 4 aromatic rings. The molecule has 3 N–H and O–H groups in total. The van der Waals surface area contributed by atoms with Gasteiger partial charge in [-0.2, -0.15) is 0 Å². The van der Waals surface area contributed by atoms with Crippen molar-refractivity contribution in [3.8, 4) is 22.6 Å². The summed E-state index contributed by atoms with van der Waals surface area (Å²) in [5, 5.41) is 4.06. The van der Waals surface area contributed by atoms with Crippen LogP contribution in [0.25, 0.3) is 28.3 Å². The largest absolute Gasteiger partial charge is 0.399 e. The SMILES string of the molecule is Nc1cccc(-c2nc3c(Cl)cccn3c2-c2ccnc(NC3CCCC3)n2)c1. The van der Waals surface area contributed by atoms with Crippen LogP contribution in [0.15, 0.2) is 54.9 Å². The van der Waals surface area contributed by atoms with Crippen LogP contribution in [0.3, 0.4) is 0 Å². The van der Waals surface area contributed by atoms with E-state index >= 15 is 0 Å². The number of halogens is 1. The Balaban J connectivity index is 1.67. The summed E-state index contributed by atoms with van der Waals surface area (Å²) in [6.45, 7) is 0. The summed E-state index contributed by atoms with van der Waals surface area (Å²) in [4.78, 5) is 14.1. The molecule has 1 aliphatic rings. The lowest BCUT2D eigenvalue weighted by molar-refractivity contribution is 0.744. The number of anilines is 2. The van der Waals surface area contributed by atoms with Crippen LogP contribution >= 0.6 is 11.6 Å². The van der Waals surface area contributed by atoms with Gasteiger partial charge in [-0.1, -0.05) is 36.6 Å². The highest BCUT2D eigenvalue weighted by atomic mass is 35.5. The minimum absolute atomic E-state index is 0.440. The third-order valence-corrected chi connectivity index (χ3v) is 5.64. The molecular formula is C22H21ClN6. The first-order valence-corrected chi connectivity index (χ1v) is 10.2. The number of hydrogen-bond donors (Lipinski definition) is 2. The lowest BCUT2D eigenvalue weighted by atomic mass is 10.1. The Morgan fingerprint density at radius 1 is 1.07 bits per heavy atom. The normalized spacial score (nSPS) is 14.5. The van der Waals surface area contributed by atoms with Crippen LogP contribution in [0.5, 0.6) is 0 Å². The van der Waals surface area contributed by atoms with E-state index in [0.29, 0.717) is 28.3 Å². The summed E-state index contributed by atoms with van der Waals surface area (Å²) in [6.07, 6.45) is 8.56. The second kappa shape index (κ2) is 7.37. The standard InChI is InChI=1S/C22H21ClN6/c23-17-9-4-12-29-20(19(28-21(17)29)14-5-3-6-15(24)13-14)18-10-11-25-22(27-18)26-16-7-1-2-8-16/h3-6,9-13,16H,1-2,7-8,24H2,(H,25,26,27). The molecule has 0 amide bonds. The maximum absolute atomic E-state index is 6.44. The van der Waals surface area contributed by atoms with E-state index in [1.807, 2.05) is 53.1 Å². The first-order chi connectivity index (χ1) is 14.2. The molecule has 1 aromatic carbocycles. The van der Waals surface area contributed by atoms with Crippen LogP contribution < -0.4 is 11.1 Å². The van der Waals surface area contributed by atoms with Crippen molar-refractivity contribution in [2.24, 2.45) is 0 Å². The average molecular weight is 405 g/mol. The fraction of sp³-hybridized carbons (Fsp3) is 0.227. The Morgan fingerprint density at radius 3 is 2.76 bits per heavy atom. The first kappa shape index (κ1) is 17.9. The van der Waals surface area contributed by atoms with Gasteiger partial charge in [0.05, 0.1) is 22.1 Å². The van der Waals surface area contributed by atoms with Gasteiger partial charge < -0.3 is 11.1 Å². The number of fused-ring (bicyclic) bond motifs is 1. The third kappa shape index (κ3) is 3.40. The van der Waals surface area contributed by atoms with Gasteiger partial charge in [-0.15, -0.1) is 0 Å². The van der Waals surface area contributed by atoms with Crippen molar-refractivity contribution in [1.82, 2.24) is 19.4 Å². The van der Waals surface area contributed by atoms with Crippen LogP contribution in [0.4, 0.5) is 11.6 Å². The lowest BCUT2D eigenvalue weighted by Crippen LogP contribution is -2.16. The van der Waals surface area contributed by atoms with Crippen LogP contribution in [0, 0.1) is 0 Å². The van der Waals surface area contributed by atoms with Crippen LogP contribution in [0.1, 0.15) is 25.7 Å². The number of nitrogens with one attached hydrogen (secondary N) is 1. The molecule has 1 saturated carbocycles. The van der Waals surface area contributed by atoms with Gasteiger partial charge in [0, 0.05) is 29.7 Å². The molecule has 0 aliphatic heterocycles. The Morgan fingerprint density at radius 2 is 1.93 bits per heavy atom. The predicted molar refractivity (Wildman–Crippen MR) is 117 cm³/mol. The molecule has 0 bridgehead atoms. The summed E-state index contributed by atoms with van der Waals surface area (Å²) in [5.74, 6) is 0.643. The Labute approximate surface area is 173 Å². The maximum Gasteiger partial charge on any atom is 0.223 e. The van der Waals surface area contributed by atoms with E-state index in [-0.39, 0.29) is 0 Å². The Kier molecular flexibility index (Phi) is 4.56. The number of rotatable bonds is 4. The van der Waals surface area contributed by atoms with Gasteiger partial charge >= 0.3 is 0 Å². The molecular weight excluding hydrogens is 384 g/mol. The average Bonchev–Trinajstić information content (AvgIpc) is 3.36. The monoisotopic (exact) mass is 404 g/mol. The molecule has 3 aromatic heterocycles. The van der Waals surface area contributed by atoms with Crippen LogP contribution in [0.2, 0.25) is 5.02 Å². The molecule has 29 heavy (non-hydrogen) atoms. The van der Waals surface area contributed by atoms with E-state index in [0.717, 1.165) is 35.5 Å². The number of hydrogen-bond acceptors (Lipinski definition) is 5. The van der Waals surface area contributed by atoms with E-state index in [1.165, 1.54) is 12.8 Å². The van der Waals surface area contributed by atoms with Crippen molar-refractivity contribution in [3.05, 3.63) is 59.9 Å². The zero-order valence-corrected chi connectivity index (χ0v) is 16.6. The topological polar surface area (TPSA) is 81.1 Å². The number of imidazole rings is 1. The summed E-state index contributed by atoms with van der Waals surface area (Å²) < 4.78 is 1.97. The van der Waals surface area contributed by atoms with Crippen molar-refractivity contribution >= 4 is 28.9 Å². The molecule has 146 valence electrons. The zero-order chi connectivity index (χ0) is 19.8. The molecule has 1 fully saturated rings. The number of benzene rings is 1. The van der Waals surface area contributed by atoms with E-state index in [1.54, 1.807) is 6.20 Å². The minimum Gasteiger partial charge on any atom is -0.399 e. The second-order valence-corrected chi connectivity index (χ2v) is 7.78. The number of aromatic nitrogens is 4. The van der Waals surface area contributed by atoms with Gasteiger partial charge in [-0.05, 0) is 43.2 Å². The van der Waals surface area contributed by atoms with Crippen LogP contribution in [-0.2, 0) is 0 Å². The fourth-order valence-electron chi connectivity index (χ4n) is 3.98. The fourth-order valence-corrected chi connectivity index (χ4v) is 4.19. The van der Waals surface area contributed by atoms with Crippen molar-refractivity contribution in [1.29, 1.82) is 0 Å². The molecule has 3 heterocycles. The van der Waals surface area contributed by atoms with Gasteiger partial charge in [0.1, 0.15) is 0 Å². The number of nitrogens with two attached hydrogens (primary N) is 1. The van der Waals surface area contributed by atoms with E-state index in [4.69, 9.17) is 27.3 Å². The maximum atomic E-state index is 6.44. The Bertz CT molecular complexity index is 1180. The molecule has 0 saturated heterocycles. The number of nitrogen functional groups attached to an aromatic ring is 1. The van der Waals surface area contributed by atoms with E-state index in [9.17, 15) is 0 Å². The molecule has 0 radical (unpaired) electrons. The Hall–Kier alpha value is -3.12. The molecule has 0 atom stereocenters. The number of pyridine rings is 1. The summed E-state index contributed by atoms with van der Waals surface area (Å²) in [6, 6.07) is 13.8. The third-order valence-electron chi connectivity index (χ3n) is 5.35. The van der Waals surface area contributed by atoms with Crippen molar-refractivity contribution in [2.45, 2.75) is 31.7 Å². The lowest BCUT2D eigenvalue weighted by Gasteiger charge is -2.12. The highest BCUT2D eigenvalue weighted by molar-refractivity contribution is 6.33. The predicted octanol–water partition coefficient (Wildman–Crippen LogP) is 5.05. The minimum atomic E-state index is 0.440. The number of nitrogens with zero attached hydrogens (tertiary/aromatic N) is 4. The van der Waals surface area contributed by atoms with Gasteiger partial charge in [0.15, 0.2) is 5.65 Å². The van der Waals surface area contributed by atoms with Crippen molar-refractivity contribution in [3.63, 3.8) is 0 Å². The summed E-state index contributed by atoms with van der Waals surface area (Å²) in [7, 11) is 0. The van der Waals surface area contributed by atoms with Gasteiger partial charge in [0.25, 0.3) is 0 Å². The molecule has 5 rings (SSSR count). The van der Waals surface area contributed by atoms with Gasteiger partial charge in [-0.25, -0.2) is 15.0 Å². The molecule has 1 aliphatic carbocycles. The second-order valence-electron chi connectivity index (χ2n) is 7.38. The van der Waals surface area contributed by atoms with Crippen molar-refractivity contribution < 1.29 is 0 Å². The van der Waals surface area contributed by atoms with E-state index < -0.39 is 0 Å².